The van der Waals surface area contributed by atoms with Crippen molar-refractivity contribution in [2.24, 2.45) is 0 Å². The molecule has 0 spiro atoms. The molecule has 0 unspecified atom stereocenters. The summed E-state index contributed by atoms with van der Waals surface area (Å²) in [6.45, 7) is 1.29. The Morgan fingerprint density at radius 3 is 2.70 bits per heavy atom. The second-order valence-corrected chi connectivity index (χ2v) is 5.48. The number of pyridine rings is 2. The summed E-state index contributed by atoms with van der Waals surface area (Å²) in [6, 6.07) is 15.2. The number of fused-ring (bicyclic) bond motifs is 1. The second kappa shape index (κ2) is 6.54. The summed E-state index contributed by atoms with van der Waals surface area (Å²) < 4.78 is 0. The van der Waals surface area contributed by atoms with Gasteiger partial charge in [-0.05, 0) is 30.8 Å². The third-order valence-electron chi connectivity index (χ3n) is 3.61. The molecule has 2 heterocycles. The van der Waals surface area contributed by atoms with Gasteiger partial charge in [-0.25, -0.2) is 9.78 Å². The summed E-state index contributed by atoms with van der Waals surface area (Å²) in [5.41, 5.74) is 2.94. The highest BCUT2D eigenvalue weighted by atomic mass is 16.4. The van der Waals surface area contributed by atoms with Crippen molar-refractivity contribution in [3.63, 3.8) is 0 Å². The quantitative estimate of drug-likeness (QED) is 0.785. The average Bonchev–Trinajstić information content (AvgIpc) is 2.55. The number of carboxylic acids is 1. The van der Waals surface area contributed by atoms with E-state index < -0.39 is 5.97 Å². The number of carboxylic acid groups (broad SMARTS) is 1. The number of aromatic nitrogens is 2. The lowest BCUT2D eigenvalue weighted by Gasteiger charge is -2.17. The molecule has 3 rings (SSSR count). The molecule has 0 aliphatic carbocycles. The fourth-order valence-electron chi connectivity index (χ4n) is 2.60. The molecule has 0 amide bonds. The van der Waals surface area contributed by atoms with Crippen molar-refractivity contribution in [3.05, 3.63) is 71.7 Å². The SMILES string of the molecule is CN(Cc1cccc(C(=O)O)n1)Cc1cccc2cccnc12. The van der Waals surface area contributed by atoms with Crippen LogP contribution in [-0.2, 0) is 13.1 Å². The minimum Gasteiger partial charge on any atom is -0.477 e. The molecule has 5 heteroatoms. The van der Waals surface area contributed by atoms with Crippen LogP contribution in [0.25, 0.3) is 10.9 Å². The molecule has 0 saturated carbocycles. The zero-order chi connectivity index (χ0) is 16.2. The van der Waals surface area contributed by atoms with Crippen LogP contribution in [0.15, 0.2) is 54.7 Å². The van der Waals surface area contributed by atoms with E-state index in [-0.39, 0.29) is 5.69 Å². The Morgan fingerprint density at radius 2 is 1.87 bits per heavy atom. The molecule has 1 N–H and O–H groups in total. The smallest absolute Gasteiger partial charge is 0.354 e. The molecular formula is C18H17N3O2. The van der Waals surface area contributed by atoms with E-state index in [9.17, 15) is 4.79 Å². The predicted octanol–water partition coefficient (Wildman–Crippen LogP) is 2.96. The van der Waals surface area contributed by atoms with Crippen molar-refractivity contribution in [1.29, 1.82) is 0 Å². The molecule has 0 fully saturated rings. The molecule has 116 valence electrons. The van der Waals surface area contributed by atoms with Crippen LogP contribution in [0.5, 0.6) is 0 Å². The fourth-order valence-corrected chi connectivity index (χ4v) is 2.60. The molecule has 0 atom stereocenters. The molecular weight excluding hydrogens is 290 g/mol. The van der Waals surface area contributed by atoms with Gasteiger partial charge < -0.3 is 5.11 Å². The van der Waals surface area contributed by atoms with Gasteiger partial charge in [0.2, 0.25) is 0 Å². The van der Waals surface area contributed by atoms with Crippen molar-refractivity contribution >= 4 is 16.9 Å². The zero-order valence-corrected chi connectivity index (χ0v) is 12.8. The topological polar surface area (TPSA) is 66.3 Å². The van der Waals surface area contributed by atoms with Gasteiger partial charge in [0.1, 0.15) is 5.69 Å². The Morgan fingerprint density at radius 1 is 1.09 bits per heavy atom. The van der Waals surface area contributed by atoms with E-state index in [4.69, 9.17) is 5.11 Å². The van der Waals surface area contributed by atoms with Crippen molar-refractivity contribution in [3.8, 4) is 0 Å². The van der Waals surface area contributed by atoms with Gasteiger partial charge in [0.25, 0.3) is 0 Å². The molecule has 2 aromatic heterocycles. The molecule has 0 aliphatic rings. The summed E-state index contributed by atoms with van der Waals surface area (Å²) in [4.78, 5) is 21.7. The maximum absolute atomic E-state index is 11.0. The Hall–Kier alpha value is -2.79. The van der Waals surface area contributed by atoms with Crippen LogP contribution in [0, 0.1) is 0 Å². The van der Waals surface area contributed by atoms with Gasteiger partial charge in [0.05, 0.1) is 11.2 Å². The standard InChI is InChI=1S/C18H17N3O2/c1-21(12-15-8-3-9-16(20-15)18(22)23)11-14-6-2-5-13-7-4-10-19-17(13)14/h2-10H,11-12H2,1H3,(H,22,23). The maximum Gasteiger partial charge on any atom is 0.354 e. The van der Waals surface area contributed by atoms with Crippen LogP contribution in [0.1, 0.15) is 21.7 Å². The fraction of sp³-hybridized carbons (Fsp3) is 0.167. The van der Waals surface area contributed by atoms with Crippen LogP contribution >= 0.6 is 0 Å². The highest BCUT2D eigenvalue weighted by molar-refractivity contribution is 5.85. The largest absolute Gasteiger partial charge is 0.477 e. The van der Waals surface area contributed by atoms with E-state index in [0.29, 0.717) is 13.1 Å². The lowest BCUT2D eigenvalue weighted by atomic mass is 10.1. The van der Waals surface area contributed by atoms with E-state index >= 15 is 0 Å². The Labute approximate surface area is 134 Å². The first-order valence-corrected chi connectivity index (χ1v) is 7.34. The van der Waals surface area contributed by atoms with E-state index in [1.807, 2.05) is 37.4 Å². The van der Waals surface area contributed by atoms with Gasteiger partial charge in [0.15, 0.2) is 0 Å². The van der Waals surface area contributed by atoms with Crippen molar-refractivity contribution in [1.82, 2.24) is 14.9 Å². The third-order valence-corrected chi connectivity index (χ3v) is 3.61. The number of rotatable bonds is 5. The summed E-state index contributed by atoms with van der Waals surface area (Å²) >= 11 is 0. The highest BCUT2D eigenvalue weighted by Gasteiger charge is 2.09. The monoisotopic (exact) mass is 307 g/mol. The number of nitrogens with zero attached hydrogens (tertiary/aromatic N) is 3. The summed E-state index contributed by atoms with van der Waals surface area (Å²) in [5, 5.41) is 10.1. The average molecular weight is 307 g/mol. The molecule has 0 bridgehead atoms. The van der Waals surface area contributed by atoms with E-state index in [0.717, 1.165) is 22.2 Å². The zero-order valence-electron chi connectivity index (χ0n) is 12.8. The Balaban J connectivity index is 1.77. The molecule has 5 nitrogen and oxygen atoms in total. The maximum atomic E-state index is 11.0. The van der Waals surface area contributed by atoms with Crippen LogP contribution in [0.4, 0.5) is 0 Å². The van der Waals surface area contributed by atoms with Crippen LogP contribution < -0.4 is 0 Å². The summed E-state index contributed by atoms with van der Waals surface area (Å²) in [6.07, 6.45) is 1.80. The van der Waals surface area contributed by atoms with Gasteiger partial charge >= 0.3 is 5.97 Å². The Kier molecular flexibility index (Phi) is 4.30. The number of hydrogen-bond acceptors (Lipinski definition) is 4. The number of para-hydroxylation sites is 1. The van der Waals surface area contributed by atoms with E-state index in [1.54, 1.807) is 12.3 Å². The number of aromatic carboxylic acids is 1. The van der Waals surface area contributed by atoms with Crippen molar-refractivity contribution < 1.29 is 9.90 Å². The number of hydrogen-bond donors (Lipinski definition) is 1. The first-order chi connectivity index (χ1) is 11.1. The lowest BCUT2D eigenvalue weighted by molar-refractivity contribution is 0.0690. The van der Waals surface area contributed by atoms with Crippen molar-refractivity contribution in [2.45, 2.75) is 13.1 Å². The van der Waals surface area contributed by atoms with Crippen LogP contribution in [0.3, 0.4) is 0 Å². The molecule has 1 aromatic carbocycles. The van der Waals surface area contributed by atoms with E-state index in [1.165, 1.54) is 6.07 Å². The van der Waals surface area contributed by atoms with Gasteiger partial charge in [-0.2, -0.15) is 0 Å². The normalized spacial score (nSPS) is 11.0. The molecule has 0 aliphatic heterocycles. The molecule has 0 saturated heterocycles. The number of carbonyl (C=O) groups is 1. The first-order valence-electron chi connectivity index (χ1n) is 7.34. The molecule has 23 heavy (non-hydrogen) atoms. The first kappa shape index (κ1) is 15.1. The lowest BCUT2D eigenvalue weighted by Crippen LogP contribution is -2.19. The minimum atomic E-state index is -1.01. The number of benzene rings is 1. The van der Waals surface area contributed by atoms with Crippen molar-refractivity contribution in [2.75, 3.05) is 7.05 Å². The van der Waals surface area contributed by atoms with E-state index in [2.05, 4.69) is 20.9 Å². The third kappa shape index (κ3) is 3.52. The van der Waals surface area contributed by atoms with Gasteiger partial charge in [-0.15, -0.1) is 0 Å². The second-order valence-electron chi connectivity index (χ2n) is 5.48. The van der Waals surface area contributed by atoms with Crippen LogP contribution in [-0.4, -0.2) is 33.0 Å². The van der Waals surface area contributed by atoms with Crippen LogP contribution in [0.2, 0.25) is 0 Å². The van der Waals surface area contributed by atoms with Gasteiger partial charge in [-0.3, -0.25) is 9.88 Å². The summed E-state index contributed by atoms with van der Waals surface area (Å²) in [5.74, 6) is -1.01. The molecule has 3 aromatic rings. The van der Waals surface area contributed by atoms with Gasteiger partial charge in [0, 0.05) is 24.7 Å². The minimum absolute atomic E-state index is 0.0720. The Bertz CT molecular complexity index is 843. The summed E-state index contributed by atoms with van der Waals surface area (Å²) in [7, 11) is 1.98. The van der Waals surface area contributed by atoms with Gasteiger partial charge in [-0.1, -0.05) is 30.3 Å². The highest BCUT2D eigenvalue weighted by Crippen LogP contribution is 2.17. The predicted molar refractivity (Wildman–Crippen MR) is 88.1 cm³/mol. The molecule has 0 radical (unpaired) electrons.